The first-order valence-electron chi connectivity index (χ1n) is 23.2. The number of rotatable bonds is 7. The third-order valence-corrected chi connectivity index (χ3v) is 15.0. The molecule has 2 heterocycles. The third kappa shape index (κ3) is 6.16. The fourth-order valence-electron chi connectivity index (χ4n) is 12.5. The second-order valence-corrected chi connectivity index (χ2v) is 18.6. The van der Waals surface area contributed by atoms with Crippen molar-refractivity contribution in [1.82, 2.24) is 29.9 Å². The van der Waals surface area contributed by atoms with Gasteiger partial charge in [0, 0.05) is 38.8 Å². The van der Waals surface area contributed by atoms with Crippen molar-refractivity contribution in [3.8, 4) is 96.7 Å². The van der Waals surface area contributed by atoms with Gasteiger partial charge in [0.1, 0.15) is 0 Å². The average molecular weight is 850 g/mol. The van der Waals surface area contributed by atoms with Gasteiger partial charge < -0.3 is 0 Å². The number of fused-ring (bicyclic) bond motifs is 3. The Hall–Kier alpha value is -7.95. The SMILES string of the molecule is N#Cc1cc(-c2ccc3c(c2)C2(c4ccccc4-3)C3CC4CC(C3)CC2C4)c(-c2nc(-c3ccccc3)nc(-c3ccccc3)n2)cc1-c1nc(-c2ccccc2)nc(-c2ccccc2)n1. The average Bonchev–Trinajstić information content (AvgIpc) is 3.68. The molecule has 0 radical (unpaired) electrons. The van der Waals surface area contributed by atoms with Gasteiger partial charge in [-0.05, 0) is 107 Å². The van der Waals surface area contributed by atoms with E-state index in [1.807, 2.05) is 133 Å². The molecule has 4 bridgehead atoms. The lowest BCUT2D eigenvalue weighted by Crippen LogP contribution is -2.55. The van der Waals surface area contributed by atoms with E-state index in [-0.39, 0.29) is 5.41 Å². The van der Waals surface area contributed by atoms with Crippen LogP contribution < -0.4 is 0 Å². The molecule has 0 unspecified atom stereocenters. The third-order valence-electron chi connectivity index (χ3n) is 15.0. The van der Waals surface area contributed by atoms with Gasteiger partial charge in [0.25, 0.3) is 0 Å². The van der Waals surface area contributed by atoms with Gasteiger partial charge in [0.05, 0.1) is 11.6 Å². The van der Waals surface area contributed by atoms with Crippen molar-refractivity contribution in [2.24, 2.45) is 23.7 Å². The summed E-state index contributed by atoms with van der Waals surface area (Å²) in [6, 6.07) is 62.9. The molecular formula is C59H43N7. The largest absolute Gasteiger partial charge is 0.208 e. The Bertz CT molecular complexity index is 3240. The van der Waals surface area contributed by atoms with Crippen LogP contribution in [0.5, 0.6) is 0 Å². The van der Waals surface area contributed by atoms with Crippen LogP contribution >= 0.6 is 0 Å². The van der Waals surface area contributed by atoms with Crippen molar-refractivity contribution in [2.45, 2.75) is 37.5 Å². The van der Waals surface area contributed by atoms with Gasteiger partial charge >= 0.3 is 0 Å². The van der Waals surface area contributed by atoms with Crippen LogP contribution in [-0.4, -0.2) is 29.9 Å². The van der Waals surface area contributed by atoms with Crippen molar-refractivity contribution in [1.29, 1.82) is 5.26 Å². The van der Waals surface area contributed by atoms with Gasteiger partial charge in [0.2, 0.25) is 0 Å². The summed E-state index contributed by atoms with van der Waals surface area (Å²) in [5.74, 6) is 5.92. The minimum atomic E-state index is -0.0335. The van der Waals surface area contributed by atoms with E-state index in [4.69, 9.17) is 29.9 Å². The highest BCUT2D eigenvalue weighted by molar-refractivity contribution is 5.91. The molecule has 0 atom stereocenters. The van der Waals surface area contributed by atoms with E-state index in [0.717, 1.165) is 50.8 Å². The predicted molar refractivity (Wildman–Crippen MR) is 259 cm³/mol. The minimum Gasteiger partial charge on any atom is -0.208 e. The molecule has 14 rings (SSSR count). The van der Waals surface area contributed by atoms with E-state index < -0.39 is 0 Å². The number of nitriles is 1. The van der Waals surface area contributed by atoms with E-state index in [2.05, 4.69) is 48.5 Å². The molecule has 1 spiro atoms. The van der Waals surface area contributed by atoms with Crippen LogP contribution in [0, 0.1) is 35.0 Å². The number of hydrogen-bond donors (Lipinski definition) is 0. The fraction of sp³-hybridized carbons (Fsp3) is 0.169. The molecule has 9 aromatic rings. The Morgan fingerprint density at radius 3 is 1.26 bits per heavy atom. The van der Waals surface area contributed by atoms with Gasteiger partial charge in [-0.3, -0.25) is 0 Å². The molecule has 7 heteroatoms. The first-order chi connectivity index (χ1) is 32.6. The molecule has 0 aliphatic heterocycles. The topological polar surface area (TPSA) is 101 Å². The van der Waals surface area contributed by atoms with E-state index in [0.29, 0.717) is 57.9 Å². The Morgan fingerprint density at radius 1 is 0.348 bits per heavy atom. The van der Waals surface area contributed by atoms with Gasteiger partial charge in [-0.25, -0.2) is 29.9 Å². The summed E-state index contributed by atoms with van der Waals surface area (Å²) in [5.41, 5.74) is 12.8. The smallest absolute Gasteiger partial charge is 0.165 e. The first-order valence-corrected chi connectivity index (χ1v) is 23.2. The van der Waals surface area contributed by atoms with E-state index >= 15 is 0 Å². The maximum atomic E-state index is 11.2. The van der Waals surface area contributed by atoms with Crippen molar-refractivity contribution in [2.75, 3.05) is 0 Å². The maximum absolute atomic E-state index is 11.2. The molecule has 7 nitrogen and oxygen atoms in total. The first kappa shape index (κ1) is 38.5. The summed E-state index contributed by atoms with van der Waals surface area (Å²) in [6.07, 6.45) is 6.57. The summed E-state index contributed by atoms with van der Waals surface area (Å²) >= 11 is 0. The molecule has 314 valence electrons. The molecule has 5 aliphatic carbocycles. The van der Waals surface area contributed by atoms with Crippen molar-refractivity contribution in [3.05, 3.63) is 193 Å². The van der Waals surface area contributed by atoms with Crippen LogP contribution in [0.2, 0.25) is 0 Å². The molecule has 0 saturated heterocycles. The molecule has 0 N–H and O–H groups in total. The zero-order valence-electron chi connectivity index (χ0n) is 36.2. The second-order valence-electron chi connectivity index (χ2n) is 18.6. The Morgan fingerprint density at radius 2 is 0.773 bits per heavy atom. The van der Waals surface area contributed by atoms with Gasteiger partial charge in [0.15, 0.2) is 34.9 Å². The van der Waals surface area contributed by atoms with Crippen molar-refractivity contribution >= 4 is 0 Å². The molecule has 0 amide bonds. The fourth-order valence-corrected chi connectivity index (χ4v) is 12.5. The van der Waals surface area contributed by atoms with Crippen LogP contribution in [0.1, 0.15) is 48.8 Å². The van der Waals surface area contributed by atoms with Crippen molar-refractivity contribution in [3.63, 3.8) is 0 Å². The highest BCUT2D eigenvalue weighted by Gasteiger charge is 2.61. The van der Waals surface area contributed by atoms with Crippen LogP contribution in [0.15, 0.2) is 176 Å². The molecule has 66 heavy (non-hydrogen) atoms. The quantitative estimate of drug-likeness (QED) is 0.157. The van der Waals surface area contributed by atoms with Gasteiger partial charge in [-0.1, -0.05) is 158 Å². The van der Waals surface area contributed by atoms with E-state index in [9.17, 15) is 5.26 Å². The van der Waals surface area contributed by atoms with Crippen LogP contribution in [0.4, 0.5) is 0 Å². The van der Waals surface area contributed by atoms with Crippen molar-refractivity contribution < 1.29 is 0 Å². The lowest BCUT2D eigenvalue weighted by atomic mass is 9.43. The monoisotopic (exact) mass is 849 g/mol. The molecule has 4 saturated carbocycles. The molecule has 2 aromatic heterocycles. The van der Waals surface area contributed by atoms with Crippen LogP contribution in [0.3, 0.4) is 0 Å². The Labute approximate surface area is 384 Å². The predicted octanol–water partition coefficient (Wildman–Crippen LogP) is 13.3. The number of nitrogens with zero attached hydrogens (tertiary/aromatic N) is 7. The lowest BCUT2D eigenvalue weighted by Gasteiger charge is -2.61. The number of aromatic nitrogens is 6. The molecule has 5 aliphatic rings. The minimum absolute atomic E-state index is 0.0335. The normalized spacial score (nSPS) is 20.8. The zero-order valence-corrected chi connectivity index (χ0v) is 36.2. The summed E-state index contributed by atoms with van der Waals surface area (Å²) < 4.78 is 0. The summed E-state index contributed by atoms with van der Waals surface area (Å²) in [5, 5.41) is 11.2. The van der Waals surface area contributed by atoms with Gasteiger partial charge in [-0.15, -0.1) is 0 Å². The summed E-state index contributed by atoms with van der Waals surface area (Å²) in [6.45, 7) is 0. The standard InChI is InChI=1S/C59H43N7/c60-35-43-32-48(42-25-26-47-46-23-13-14-24-51(46)59(52(47)33-42)44-28-36-27-37(30-44)31-45(59)29-36)50(58-65-55(40-19-9-3-10-20-40)62-56(66-58)41-21-11-4-12-22-41)34-49(43)57-63-53(38-15-5-1-6-16-38)61-54(64-57)39-17-7-2-8-18-39/h1-26,32-34,36-37,44-45H,27-31H2. The Balaban J connectivity index is 1.08. The van der Waals surface area contributed by atoms with E-state index in [1.54, 1.807) is 0 Å². The molecule has 7 aromatic carbocycles. The summed E-state index contributed by atoms with van der Waals surface area (Å²) in [7, 11) is 0. The highest BCUT2D eigenvalue weighted by Crippen LogP contribution is 2.69. The summed E-state index contributed by atoms with van der Waals surface area (Å²) in [4.78, 5) is 30.9. The zero-order chi connectivity index (χ0) is 43.8. The highest BCUT2D eigenvalue weighted by atomic mass is 15.0. The molecular weight excluding hydrogens is 807 g/mol. The Kier molecular flexibility index (Phi) is 8.96. The van der Waals surface area contributed by atoms with Gasteiger partial charge in [-0.2, -0.15) is 5.26 Å². The lowest BCUT2D eigenvalue weighted by molar-refractivity contribution is -0.0399. The van der Waals surface area contributed by atoms with Crippen LogP contribution in [0.25, 0.3) is 90.6 Å². The second kappa shape index (κ2) is 15.4. The number of hydrogen-bond acceptors (Lipinski definition) is 7. The molecule has 4 fully saturated rings. The van der Waals surface area contributed by atoms with E-state index in [1.165, 1.54) is 54.4 Å². The number of benzene rings is 7. The van der Waals surface area contributed by atoms with Crippen LogP contribution in [-0.2, 0) is 5.41 Å². The maximum Gasteiger partial charge on any atom is 0.165 e.